The summed E-state index contributed by atoms with van der Waals surface area (Å²) in [5, 5.41) is 1.20. The minimum Gasteiger partial charge on any atom is -0.253 e. The van der Waals surface area contributed by atoms with E-state index in [1.54, 1.807) is 0 Å². The molecule has 1 nitrogen and oxygen atoms in total. The predicted molar refractivity (Wildman–Crippen MR) is 122 cm³/mol. The third-order valence-corrected chi connectivity index (χ3v) is 6.05. The van der Waals surface area contributed by atoms with Crippen LogP contribution in [0.25, 0.3) is 10.9 Å². The Morgan fingerprint density at radius 2 is 1.25 bits per heavy atom. The van der Waals surface area contributed by atoms with E-state index in [0.717, 1.165) is 5.52 Å². The summed E-state index contributed by atoms with van der Waals surface area (Å²) < 4.78 is 0. The summed E-state index contributed by atoms with van der Waals surface area (Å²) in [6.45, 7) is 18.5. The molecule has 0 spiro atoms. The highest BCUT2D eigenvalue weighted by atomic mass is 14.7. The van der Waals surface area contributed by atoms with Gasteiger partial charge in [0.1, 0.15) is 0 Å². The van der Waals surface area contributed by atoms with Crippen LogP contribution in [0.1, 0.15) is 89.6 Å². The highest BCUT2D eigenvalue weighted by Crippen LogP contribution is 2.37. The second-order valence-corrected chi connectivity index (χ2v) is 10.3. The van der Waals surface area contributed by atoms with Crippen molar-refractivity contribution in [3.05, 3.63) is 77.0 Å². The van der Waals surface area contributed by atoms with Gasteiger partial charge in [-0.25, -0.2) is 0 Å². The van der Waals surface area contributed by atoms with Crippen LogP contribution in [0.3, 0.4) is 0 Å². The molecule has 2 atom stereocenters. The minimum absolute atomic E-state index is 0.139. The molecule has 1 heteroatoms. The molecule has 2 aromatic carbocycles. The number of aromatic nitrogens is 1. The summed E-state index contributed by atoms with van der Waals surface area (Å²) in [4.78, 5) is 4.96. The Kier molecular flexibility index (Phi) is 5.40. The third kappa shape index (κ3) is 4.29. The number of fused-ring (bicyclic) bond motifs is 1. The summed E-state index contributed by atoms with van der Waals surface area (Å²) in [5.41, 5.74) is 6.78. The highest BCUT2D eigenvalue weighted by Gasteiger charge is 2.24. The molecular formula is C27H35N. The van der Waals surface area contributed by atoms with Gasteiger partial charge >= 0.3 is 0 Å². The molecule has 3 aromatic rings. The molecule has 28 heavy (non-hydrogen) atoms. The lowest BCUT2D eigenvalue weighted by atomic mass is 9.76. The zero-order valence-electron chi connectivity index (χ0n) is 18.8. The molecule has 0 aliphatic carbocycles. The molecule has 0 saturated carbocycles. The summed E-state index contributed by atoms with van der Waals surface area (Å²) >= 11 is 0. The molecule has 0 fully saturated rings. The quantitative estimate of drug-likeness (QED) is 0.457. The first-order valence-electron chi connectivity index (χ1n) is 10.5. The van der Waals surface area contributed by atoms with Crippen molar-refractivity contribution >= 4 is 10.9 Å². The van der Waals surface area contributed by atoms with Crippen molar-refractivity contribution in [1.82, 2.24) is 4.98 Å². The van der Waals surface area contributed by atoms with Crippen LogP contribution in [0.4, 0.5) is 0 Å². The van der Waals surface area contributed by atoms with Gasteiger partial charge in [-0.2, -0.15) is 0 Å². The molecule has 1 aromatic heterocycles. The first kappa shape index (κ1) is 20.6. The van der Waals surface area contributed by atoms with Gasteiger partial charge in [-0.05, 0) is 45.6 Å². The summed E-state index contributed by atoms with van der Waals surface area (Å²) in [7, 11) is 0. The normalized spacial score (nSPS) is 14.9. The van der Waals surface area contributed by atoms with Gasteiger partial charge in [0.2, 0.25) is 0 Å². The lowest BCUT2D eigenvalue weighted by Gasteiger charge is -2.29. The molecule has 1 heterocycles. The highest BCUT2D eigenvalue weighted by molar-refractivity contribution is 5.78. The van der Waals surface area contributed by atoms with E-state index in [0.29, 0.717) is 11.8 Å². The molecule has 0 radical (unpaired) electrons. The zero-order valence-corrected chi connectivity index (χ0v) is 18.8. The van der Waals surface area contributed by atoms with Crippen LogP contribution in [-0.4, -0.2) is 4.98 Å². The van der Waals surface area contributed by atoms with Crippen LogP contribution in [0, 0.1) is 0 Å². The fraction of sp³-hybridized carbons (Fsp3) is 0.444. The summed E-state index contributed by atoms with van der Waals surface area (Å²) in [6, 6.07) is 20.0. The van der Waals surface area contributed by atoms with E-state index in [-0.39, 0.29) is 10.8 Å². The van der Waals surface area contributed by atoms with E-state index in [1.165, 1.54) is 27.8 Å². The predicted octanol–water partition coefficient (Wildman–Crippen LogP) is 7.74. The molecule has 0 amide bonds. The molecule has 0 aliphatic rings. The maximum atomic E-state index is 4.96. The Bertz CT molecular complexity index is 937. The maximum Gasteiger partial charge on any atom is 0.0705 e. The van der Waals surface area contributed by atoms with Crippen LogP contribution in [0.2, 0.25) is 0 Å². The van der Waals surface area contributed by atoms with Gasteiger partial charge in [-0.3, -0.25) is 4.98 Å². The number of para-hydroxylation sites is 1. The molecule has 0 N–H and O–H groups in total. The second-order valence-electron chi connectivity index (χ2n) is 10.3. The van der Waals surface area contributed by atoms with Gasteiger partial charge in [-0.1, -0.05) is 97.9 Å². The Hall–Kier alpha value is -2.15. The Balaban J connectivity index is 2.03. The molecule has 0 bridgehead atoms. The van der Waals surface area contributed by atoms with Crippen molar-refractivity contribution in [3.8, 4) is 0 Å². The summed E-state index contributed by atoms with van der Waals surface area (Å²) in [6.07, 6.45) is 0. The van der Waals surface area contributed by atoms with Crippen molar-refractivity contribution in [3.63, 3.8) is 0 Å². The first-order chi connectivity index (χ1) is 13.0. The van der Waals surface area contributed by atoms with Crippen molar-refractivity contribution in [2.75, 3.05) is 0 Å². The monoisotopic (exact) mass is 373 g/mol. The molecule has 0 saturated heterocycles. The van der Waals surface area contributed by atoms with Gasteiger partial charge in [0.15, 0.2) is 0 Å². The largest absolute Gasteiger partial charge is 0.253 e. The van der Waals surface area contributed by atoms with E-state index in [4.69, 9.17) is 4.98 Å². The SMILES string of the molecule is C[C@H](c1cc(C(C)(C)C)cc(C(C)(C)C)c1)[C@@H](C)c1ccc2ccccc2n1. The molecule has 3 rings (SSSR count). The van der Waals surface area contributed by atoms with Crippen LogP contribution < -0.4 is 0 Å². The average Bonchev–Trinajstić information content (AvgIpc) is 2.64. The lowest BCUT2D eigenvalue weighted by molar-refractivity contribution is 0.557. The van der Waals surface area contributed by atoms with Gasteiger partial charge < -0.3 is 0 Å². The number of rotatable bonds is 3. The van der Waals surface area contributed by atoms with Gasteiger partial charge in [0.25, 0.3) is 0 Å². The van der Waals surface area contributed by atoms with Crippen molar-refractivity contribution in [1.29, 1.82) is 0 Å². The summed E-state index contributed by atoms with van der Waals surface area (Å²) in [5.74, 6) is 0.754. The topological polar surface area (TPSA) is 12.9 Å². The minimum atomic E-state index is 0.139. The van der Waals surface area contributed by atoms with Crippen molar-refractivity contribution in [2.45, 2.75) is 78.1 Å². The van der Waals surface area contributed by atoms with Crippen LogP contribution in [-0.2, 0) is 10.8 Å². The van der Waals surface area contributed by atoms with Crippen molar-refractivity contribution < 1.29 is 0 Å². The standard InChI is InChI=1S/C27H35N/c1-18(19(2)24-14-13-20-11-9-10-12-25(20)28-24)21-15-22(26(3,4)5)17-23(16-21)27(6,7)8/h9-19H,1-8H3/t18-,19+/m0/s1. The van der Waals surface area contributed by atoms with Crippen LogP contribution in [0.5, 0.6) is 0 Å². The molecular weight excluding hydrogens is 338 g/mol. The van der Waals surface area contributed by atoms with E-state index in [9.17, 15) is 0 Å². The zero-order chi connectivity index (χ0) is 20.7. The number of hydrogen-bond acceptors (Lipinski definition) is 1. The lowest BCUT2D eigenvalue weighted by Crippen LogP contribution is -2.18. The number of pyridine rings is 1. The van der Waals surface area contributed by atoms with Crippen LogP contribution >= 0.6 is 0 Å². The number of hydrogen-bond donors (Lipinski definition) is 0. The fourth-order valence-electron chi connectivity index (χ4n) is 3.66. The Labute approximate surface area is 171 Å². The van der Waals surface area contributed by atoms with Crippen molar-refractivity contribution in [2.24, 2.45) is 0 Å². The van der Waals surface area contributed by atoms with Gasteiger partial charge in [0.05, 0.1) is 5.52 Å². The second kappa shape index (κ2) is 7.35. The van der Waals surface area contributed by atoms with E-state index >= 15 is 0 Å². The maximum absolute atomic E-state index is 4.96. The van der Waals surface area contributed by atoms with E-state index < -0.39 is 0 Å². The van der Waals surface area contributed by atoms with Gasteiger partial charge in [-0.15, -0.1) is 0 Å². The molecule has 148 valence electrons. The third-order valence-electron chi connectivity index (χ3n) is 6.05. The van der Waals surface area contributed by atoms with E-state index in [2.05, 4.69) is 110 Å². The fourth-order valence-corrected chi connectivity index (χ4v) is 3.66. The van der Waals surface area contributed by atoms with E-state index in [1.807, 2.05) is 0 Å². The Morgan fingerprint density at radius 3 is 1.82 bits per heavy atom. The van der Waals surface area contributed by atoms with Crippen LogP contribution in [0.15, 0.2) is 54.6 Å². The Morgan fingerprint density at radius 1 is 0.679 bits per heavy atom. The molecule has 0 aliphatic heterocycles. The van der Waals surface area contributed by atoms with Gasteiger partial charge in [0, 0.05) is 17.0 Å². The first-order valence-corrected chi connectivity index (χ1v) is 10.5. The number of benzene rings is 2. The number of nitrogens with zero attached hydrogens (tertiary/aromatic N) is 1. The smallest absolute Gasteiger partial charge is 0.0705 e. The average molecular weight is 374 g/mol. The molecule has 0 unspecified atom stereocenters.